The van der Waals surface area contributed by atoms with Gasteiger partial charge in [-0.1, -0.05) is 264 Å². The van der Waals surface area contributed by atoms with Crippen molar-refractivity contribution in [2.24, 2.45) is 0 Å². The number of likely N-dealkylation sites (N-methyl/N-ethyl adjacent to an activating group) is 1. The van der Waals surface area contributed by atoms with Gasteiger partial charge in [-0.05, 0) is 51.0 Å². The number of carbonyl (C=O) groups is 2. The van der Waals surface area contributed by atoms with Gasteiger partial charge in [0.1, 0.15) is 19.3 Å². The molecule has 0 bridgehead atoms. The number of nitrogens with zero attached hydrogens (tertiary/aromatic N) is 1. The van der Waals surface area contributed by atoms with Crippen LogP contribution >= 0.6 is 7.82 Å². The fraction of sp³-hybridized carbons (Fsp3) is 0.902. The Kier molecular flexibility index (Phi) is 50.8. The van der Waals surface area contributed by atoms with Crippen LogP contribution in [0.2, 0.25) is 0 Å². The number of esters is 1. The Hall–Kier alpha value is -1.51. The molecule has 0 saturated heterocycles. The third-order valence-corrected chi connectivity index (χ3v) is 14.9. The lowest BCUT2D eigenvalue weighted by Gasteiger charge is -2.27. The molecule has 0 saturated carbocycles. The summed E-state index contributed by atoms with van der Waals surface area (Å²) in [7, 11) is 1.50. The van der Waals surface area contributed by atoms with Gasteiger partial charge < -0.3 is 19.4 Å². The van der Waals surface area contributed by atoms with E-state index in [1.165, 1.54) is 186 Å². The fourth-order valence-electron chi connectivity index (χ4n) is 9.10. The van der Waals surface area contributed by atoms with Gasteiger partial charge in [0.05, 0.1) is 33.8 Å². The fourth-order valence-corrected chi connectivity index (χ4v) is 9.84. The highest BCUT2D eigenvalue weighted by Gasteiger charge is 2.30. The maximum Gasteiger partial charge on any atom is 0.472 e. The van der Waals surface area contributed by atoms with Crippen LogP contribution in [-0.4, -0.2) is 74.3 Å². The van der Waals surface area contributed by atoms with E-state index in [1.807, 2.05) is 33.3 Å². The number of rotatable bonds is 56. The molecule has 0 aliphatic carbocycles. The van der Waals surface area contributed by atoms with Crippen LogP contribution in [0.15, 0.2) is 24.3 Å². The zero-order chi connectivity index (χ0) is 52.2. The van der Waals surface area contributed by atoms with Crippen molar-refractivity contribution in [3.8, 4) is 0 Å². The van der Waals surface area contributed by atoms with Gasteiger partial charge in [0.25, 0.3) is 0 Å². The molecule has 0 aromatic carbocycles. The van der Waals surface area contributed by atoms with Crippen molar-refractivity contribution in [2.75, 3.05) is 40.9 Å². The number of carbonyl (C=O) groups excluding carboxylic acids is 2. The van der Waals surface area contributed by atoms with E-state index in [9.17, 15) is 19.0 Å². The molecule has 0 spiro atoms. The van der Waals surface area contributed by atoms with Crippen molar-refractivity contribution in [3.63, 3.8) is 0 Å². The van der Waals surface area contributed by atoms with Crippen LogP contribution < -0.4 is 5.32 Å². The predicted molar refractivity (Wildman–Crippen MR) is 305 cm³/mol. The van der Waals surface area contributed by atoms with Crippen molar-refractivity contribution < 1.29 is 37.3 Å². The maximum absolute atomic E-state index is 13.4. The summed E-state index contributed by atoms with van der Waals surface area (Å²) in [4.78, 5) is 37.5. The van der Waals surface area contributed by atoms with E-state index < -0.39 is 20.0 Å². The van der Waals surface area contributed by atoms with Crippen LogP contribution in [0.5, 0.6) is 0 Å². The van der Waals surface area contributed by atoms with Gasteiger partial charge in [-0.25, -0.2) is 4.57 Å². The van der Waals surface area contributed by atoms with Gasteiger partial charge >= 0.3 is 13.8 Å². The third kappa shape index (κ3) is 53.1. The van der Waals surface area contributed by atoms with Gasteiger partial charge in [-0.3, -0.25) is 18.6 Å². The molecule has 0 aliphatic rings. The summed E-state index contributed by atoms with van der Waals surface area (Å²) in [6.45, 7) is 6.99. The molecule has 0 rings (SSSR count). The summed E-state index contributed by atoms with van der Waals surface area (Å²) in [5.74, 6) is -0.503. The first-order chi connectivity index (χ1) is 34.4. The van der Waals surface area contributed by atoms with E-state index in [1.54, 1.807) is 0 Å². The molecule has 420 valence electrons. The molecule has 0 heterocycles. The lowest BCUT2D eigenvalue weighted by molar-refractivity contribution is -0.870. The zero-order valence-electron chi connectivity index (χ0n) is 48.0. The average Bonchev–Trinajstić information content (AvgIpc) is 3.33. The van der Waals surface area contributed by atoms with E-state index in [0.29, 0.717) is 23.9 Å². The Morgan fingerprint density at radius 1 is 0.479 bits per heavy atom. The van der Waals surface area contributed by atoms with E-state index in [4.69, 9.17) is 13.8 Å². The Morgan fingerprint density at radius 3 is 1.24 bits per heavy atom. The first kappa shape index (κ1) is 69.5. The summed E-state index contributed by atoms with van der Waals surface area (Å²) in [5, 5.41) is 3.04. The second-order valence-electron chi connectivity index (χ2n) is 22.2. The zero-order valence-corrected chi connectivity index (χ0v) is 48.9. The van der Waals surface area contributed by atoms with Crippen LogP contribution in [-0.2, 0) is 27.9 Å². The Labute approximate surface area is 441 Å². The number of hydrogen-bond acceptors (Lipinski definition) is 6. The highest BCUT2D eigenvalue weighted by atomic mass is 31.2. The quantitative estimate of drug-likeness (QED) is 0.0205. The van der Waals surface area contributed by atoms with Crippen LogP contribution in [0.25, 0.3) is 0 Å². The first-order valence-corrected chi connectivity index (χ1v) is 32.2. The summed E-state index contributed by atoms with van der Waals surface area (Å²) in [6.07, 6.45) is 60.5. The number of amides is 1. The molecular weight excluding hydrogens is 904 g/mol. The van der Waals surface area contributed by atoms with E-state index in [2.05, 4.69) is 38.2 Å². The molecule has 9 nitrogen and oxygen atoms in total. The molecule has 3 atom stereocenters. The molecule has 2 N–H and O–H groups in total. The largest absolute Gasteiger partial charge is 0.472 e. The summed E-state index contributed by atoms with van der Waals surface area (Å²) < 4.78 is 30.6. The molecule has 0 radical (unpaired) electrons. The van der Waals surface area contributed by atoms with Crippen molar-refractivity contribution in [2.45, 2.75) is 315 Å². The van der Waals surface area contributed by atoms with E-state index >= 15 is 0 Å². The molecule has 71 heavy (non-hydrogen) atoms. The van der Waals surface area contributed by atoms with Crippen LogP contribution in [0.4, 0.5) is 0 Å². The number of phosphoric acid groups is 1. The molecule has 10 heteroatoms. The second kappa shape index (κ2) is 52.0. The van der Waals surface area contributed by atoms with Crippen LogP contribution in [0.3, 0.4) is 0 Å². The molecule has 0 fully saturated rings. The monoisotopic (exact) mass is 1020 g/mol. The molecule has 0 aliphatic heterocycles. The summed E-state index contributed by atoms with van der Waals surface area (Å²) >= 11 is 0. The number of allylic oxidation sites excluding steroid dienone is 3. The lowest BCUT2D eigenvalue weighted by Crippen LogP contribution is -2.47. The van der Waals surface area contributed by atoms with Gasteiger partial charge in [0.2, 0.25) is 5.91 Å². The van der Waals surface area contributed by atoms with Crippen molar-refractivity contribution in [1.82, 2.24) is 5.32 Å². The van der Waals surface area contributed by atoms with Gasteiger partial charge in [0.15, 0.2) is 0 Å². The molecule has 0 aromatic heterocycles. The van der Waals surface area contributed by atoms with Gasteiger partial charge in [-0.15, -0.1) is 0 Å². The number of ether oxygens (including phenoxy) is 1. The third-order valence-electron chi connectivity index (χ3n) is 13.9. The second-order valence-corrected chi connectivity index (χ2v) is 23.7. The molecule has 0 aromatic rings. The number of nitrogens with one attached hydrogen (secondary N) is 1. The summed E-state index contributed by atoms with van der Waals surface area (Å²) in [6, 6.07) is -0.845. The van der Waals surface area contributed by atoms with Gasteiger partial charge in [0, 0.05) is 12.8 Å². The number of phosphoric ester groups is 1. The van der Waals surface area contributed by atoms with Crippen LogP contribution in [0.1, 0.15) is 303 Å². The smallest absolute Gasteiger partial charge is 0.456 e. The SMILES string of the molecule is CCCC/C=C\CCCCCCCC(=O)NC(COP(=O)(O)OCC[N+](C)(C)C)C(/C=C\CCCCCCCCCCC)OC(=O)CCCCCCCCCCCCCCCCCCCCCCCCC. The molecular formula is C61H120N2O7P+. The van der Waals surface area contributed by atoms with E-state index in [-0.39, 0.29) is 25.1 Å². The lowest BCUT2D eigenvalue weighted by atomic mass is 10.0. The minimum absolute atomic E-state index is 0.0417. The highest BCUT2D eigenvalue weighted by Crippen LogP contribution is 2.43. The minimum atomic E-state index is -4.44. The standard InChI is InChI=1S/C61H119N2O7P/c1-7-10-13-16-19-22-25-26-27-28-29-30-31-32-33-34-35-36-39-42-45-48-51-54-61(65)70-59(52-49-46-43-40-37-23-20-17-14-11-8-2)58(57-69-71(66,67)68-56-55-63(4,5)6)62-60(64)53-50-47-44-41-38-24-21-18-15-12-9-3/h18,21,49,52,58-59H,7-17,19-20,22-48,50-51,53-57H2,1-6H3,(H-,62,64,66,67)/p+1/b21-18-,52-49-. The number of hydrogen-bond donors (Lipinski definition) is 2. The average molecular weight is 1020 g/mol. The van der Waals surface area contributed by atoms with Crippen molar-refractivity contribution in [3.05, 3.63) is 24.3 Å². The van der Waals surface area contributed by atoms with Crippen molar-refractivity contribution >= 4 is 19.7 Å². The minimum Gasteiger partial charge on any atom is -0.456 e. The Balaban J connectivity index is 5.05. The van der Waals surface area contributed by atoms with Crippen LogP contribution in [0, 0.1) is 0 Å². The maximum atomic E-state index is 13.4. The Bertz CT molecular complexity index is 1270. The summed E-state index contributed by atoms with van der Waals surface area (Å²) in [5.41, 5.74) is 0. The van der Waals surface area contributed by atoms with Gasteiger partial charge in [-0.2, -0.15) is 0 Å². The molecule has 3 unspecified atom stereocenters. The number of unbranched alkanes of at least 4 members (excludes halogenated alkanes) is 38. The normalized spacial score (nSPS) is 13.8. The first-order valence-electron chi connectivity index (χ1n) is 30.7. The topological polar surface area (TPSA) is 111 Å². The number of quaternary nitrogens is 1. The predicted octanol–water partition coefficient (Wildman–Crippen LogP) is 18.6. The Morgan fingerprint density at radius 2 is 0.831 bits per heavy atom. The molecule has 1 amide bonds. The van der Waals surface area contributed by atoms with Crippen molar-refractivity contribution in [1.29, 1.82) is 0 Å². The van der Waals surface area contributed by atoms with E-state index in [0.717, 1.165) is 83.5 Å². The highest BCUT2D eigenvalue weighted by molar-refractivity contribution is 7.47.